The Labute approximate surface area is 169 Å². The van der Waals surface area contributed by atoms with Crippen molar-refractivity contribution in [3.05, 3.63) is 58.6 Å². The standard InChI is InChI=1S/C21H26BrN3O2/c1-24(16-17-4-2-3-5-20(17)22)11-10-21(26)23-18-6-8-19(9-7-18)25-12-14-27-15-13-25/h2-9H,10-16H2,1H3,(H,23,26). The molecule has 0 atom stereocenters. The molecule has 0 unspecified atom stereocenters. The van der Waals surface area contributed by atoms with Gasteiger partial charge in [-0.2, -0.15) is 0 Å². The predicted molar refractivity (Wildman–Crippen MR) is 113 cm³/mol. The summed E-state index contributed by atoms with van der Waals surface area (Å²) >= 11 is 3.57. The average molecular weight is 432 g/mol. The molecule has 0 spiro atoms. The molecule has 3 rings (SSSR count). The summed E-state index contributed by atoms with van der Waals surface area (Å²) in [5.41, 5.74) is 3.23. The molecule has 0 saturated carbocycles. The minimum Gasteiger partial charge on any atom is -0.378 e. The van der Waals surface area contributed by atoms with Crippen LogP contribution in [0.1, 0.15) is 12.0 Å². The van der Waals surface area contributed by atoms with E-state index in [1.54, 1.807) is 0 Å². The maximum atomic E-state index is 12.2. The summed E-state index contributed by atoms with van der Waals surface area (Å²) < 4.78 is 6.48. The van der Waals surface area contributed by atoms with Crippen molar-refractivity contribution in [3.8, 4) is 0 Å². The average Bonchev–Trinajstić information content (AvgIpc) is 2.69. The minimum absolute atomic E-state index is 0.0353. The van der Waals surface area contributed by atoms with Crippen LogP contribution in [0.25, 0.3) is 0 Å². The van der Waals surface area contributed by atoms with Gasteiger partial charge in [-0.25, -0.2) is 0 Å². The Hall–Kier alpha value is -1.89. The van der Waals surface area contributed by atoms with Crippen molar-refractivity contribution in [3.63, 3.8) is 0 Å². The molecular weight excluding hydrogens is 406 g/mol. The van der Waals surface area contributed by atoms with Crippen LogP contribution in [-0.4, -0.2) is 50.7 Å². The first-order valence-electron chi connectivity index (χ1n) is 9.26. The molecule has 1 amide bonds. The molecule has 27 heavy (non-hydrogen) atoms. The summed E-state index contributed by atoms with van der Waals surface area (Å²) in [4.78, 5) is 16.7. The molecule has 1 saturated heterocycles. The summed E-state index contributed by atoms with van der Waals surface area (Å²) in [7, 11) is 2.03. The van der Waals surface area contributed by atoms with Crippen molar-refractivity contribution < 1.29 is 9.53 Å². The molecule has 1 fully saturated rings. The Bertz CT molecular complexity index is 745. The van der Waals surface area contributed by atoms with Crippen LogP contribution in [-0.2, 0) is 16.1 Å². The number of hydrogen-bond acceptors (Lipinski definition) is 4. The highest BCUT2D eigenvalue weighted by Crippen LogP contribution is 2.19. The summed E-state index contributed by atoms with van der Waals surface area (Å²) in [6.45, 7) is 4.88. The van der Waals surface area contributed by atoms with Gasteiger partial charge in [0.15, 0.2) is 0 Å². The number of amides is 1. The molecular formula is C21H26BrN3O2. The van der Waals surface area contributed by atoms with E-state index in [0.717, 1.165) is 43.0 Å². The van der Waals surface area contributed by atoms with Gasteiger partial charge in [-0.05, 0) is 42.9 Å². The van der Waals surface area contributed by atoms with Crippen LogP contribution in [0.2, 0.25) is 0 Å². The topological polar surface area (TPSA) is 44.8 Å². The van der Waals surface area contributed by atoms with Gasteiger partial charge in [0, 0.05) is 48.4 Å². The fourth-order valence-electron chi connectivity index (χ4n) is 3.09. The van der Waals surface area contributed by atoms with E-state index in [4.69, 9.17) is 4.74 Å². The Balaban J connectivity index is 1.44. The first kappa shape index (κ1) is 19.9. The van der Waals surface area contributed by atoms with Crippen molar-refractivity contribution in [2.75, 3.05) is 50.1 Å². The third-order valence-electron chi connectivity index (χ3n) is 4.65. The van der Waals surface area contributed by atoms with Gasteiger partial charge in [-0.3, -0.25) is 4.79 Å². The highest BCUT2D eigenvalue weighted by Gasteiger charge is 2.11. The SMILES string of the molecule is CN(CCC(=O)Nc1ccc(N2CCOCC2)cc1)Cc1ccccc1Br. The van der Waals surface area contributed by atoms with Crippen molar-refractivity contribution in [2.24, 2.45) is 0 Å². The molecule has 0 aromatic heterocycles. The zero-order valence-corrected chi connectivity index (χ0v) is 17.2. The van der Waals surface area contributed by atoms with Crippen LogP contribution in [0.4, 0.5) is 11.4 Å². The number of halogens is 1. The molecule has 1 heterocycles. The fraction of sp³-hybridized carbons (Fsp3) is 0.381. The lowest BCUT2D eigenvalue weighted by Crippen LogP contribution is -2.36. The van der Waals surface area contributed by atoms with E-state index in [1.165, 1.54) is 11.3 Å². The van der Waals surface area contributed by atoms with E-state index in [2.05, 4.69) is 49.2 Å². The highest BCUT2D eigenvalue weighted by molar-refractivity contribution is 9.10. The quantitative estimate of drug-likeness (QED) is 0.724. The molecule has 2 aromatic rings. The van der Waals surface area contributed by atoms with Crippen molar-refractivity contribution >= 4 is 33.2 Å². The third-order valence-corrected chi connectivity index (χ3v) is 5.42. The Morgan fingerprint density at radius 1 is 1.15 bits per heavy atom. The number of rotatable bonds is 7. The number of nitrogens with zero attached hydrogens (tertiary/aromatic N) is 2. The summed E-state index contributed by atoms with van der Waals surface area (Å²) in [5.74, 6) is 0.0353. The van der Waals surface area contributed by atoms with E-state index < -0.39 is 0 Å². The maximum Gasteiger partial charge on any atom is 0.225 e. The lowest BCUT2D eigenvalue weighted by molar-refractivity contribution is -0.116. The van der Waals surface area contributed by atoms with E-state index in [-0.39, 0.29) is 5.91 Å². The predicted octanol–water partition coefficient (Wildman–Crippen LogP) is 3.75. The zero-order chi connectivity index (χ0) is 19.1. The number of hydrogen-bond donors (Lipinski definition) is 1. The van der Waals surface area contributed by atoms with Gasteiger partial charge in [0.25, 0.3) is 0 Å². The molecule has 1 N–H and O–H groups in total. The second kappa shape index (κ2) is 9.88. The first-order chi connectivity index (χ1) is 13.1. The molecule has 0 bridgehead atoms. The third kappa shape index (κ3) is 6.06. The number of ether oxygens (including phenoxy) is 1. The normalized spacial score (nSPS) is 14.4. The number of morpholine rings is 1. The van der Waals surface area contributed by atoms with E-state index in [0.29, 0.717) is 13.0 Å². The van der Waals surface area contributed by atoms with E-state index in [1.807, 2.05) is 37.4 Å². The minimum atomic E-state index is 0.0353. The van der Waals surface area contributed by atoms with E-state index >= 15 is 0 Å². The molecule has 0 aliphatic carbocycles. The monoisotopic (exact) mass is 431 g/mol. The molecule has 5 nitrogen and oxygen atoms in total. The van der Waals surface area contributed by atoms with Crippen molar-refractivity contribution in [1.29, 1.82) is 0 Å². The van der Waals surface area contributed by atoms with Gasteiger partial charge in [-0.1, -0.05) is 34.1 Å². The van der Waals surface area contributed by atoms with Gasteiger partial charge in [0.1, 0.15) is 0 Å². The second-order valence-corrected chi connectivity index (χ2v) is 7.63. The molecule has 144 valence electrons. The summed E-state index contributed by atoms with van der Waals surface area (Å²) in [6.07, 6.45) is 0.464. The number of carbonyl (C=O) groups excluding carboxylic acids is 1. The summed E-state index contributed by atoms with van der Waals surface area (Å²) in [5, 5.41) is 2.98. The Morgan fingerprint density at radius 3 is 2.56 bits per heavy atom. The first-order valence-corrected chi connectivity index (χ1v) is 10.1. The Morgan fingerprint density at radius 2 is 1.85 bits per heavy atom. The van der Waals surface area contributed by atoms with Gasteiger partial charge < -0.3 is 19.9 Å². The number of anilines is 2. The zero-order valence-electron chi connectivity index (χ0n) is 15.7. The van der Waals surface area contributed by atoms with Gasteiger partial charge in [0.05, 0.1) is 13.2 Å². The van der Waals surface area contributed by atoms with Crippen LogP contribution in [0, 0.1) is 0 Å². The number of nitrogens with one attached hydrogen (secondary N) is 1. The summed E-state index contributed by atoms with van der Waals surface area (Å²) in [6, 6.07) is 16.2. The van der Waals surface area contributed by atoms with Crippen molar-refractivity contribution in [2.45, 2.75) is 13.0 Å². The smallest absolute Gasteiger partial charge is 0.225 e. The van der Waals surface area contributed by atoms with Crippen LogP contribution in [0.5, 0.6) is 0 Å². The Kier molecular flexibility index (Phi) is 7.26. The van der Waals surface area contributed by atoms with Crippen LogP contribution >= 0.6 is 15.9 Å². The number of benzene rings is 2. The fourth-order valence-corrected chi connectivity index (χ4v) is 3.50. The molecule has 1 aliphatic rings. The molecule has 6 heteroatoms. The maximum absolute atomic E-state index is 12.2. The van der Waals surface area contributed by atoms with Crippen LogP contribution in [0.15, 0.2) is 53.0 Å². The molecule has 2 aromatic carbocycles. The van der Waals surface area contributed by atoms with Gasteiger partial charge >= 0.3 is 0 Å². The molecule has 0 radical (unpaired) electrons. The van der Waals surface area contributed by atoms with Crippen LogP contribution in [0.3, 0.4) is 0 Å². The van der Waals surface area contributed by atoms with Gasteiger partial charge in [0.2, 0.25) is 5.91 Å². The second-order valence-electron chi connectivity index (χ2n) is 6.77. The number of carbonyl (C=O) groups is 1. The van der Waals surface area contributed by atoms with Crippen LogP contribution < -0.4 is 10.2 Å². The highest BCUT2D eigenvalue weighted by atomic mass is 79.9. The lowest BCUT2D eigenvalue weighted by Gasteiger charge is -2.28. The largest absolute Gasteiger partial charge is 0.378 e. The molecule has 1 aliphatic heterocycles. The lowest BCUT2D eigenvalue weighted by atomic mass is 10.2. The van der Waals surface area contributed by atoms with Crippen molar-refractivity contribution in [1.82, 2.24) is 4.90 Å². The van der Waals surface area contributed by atoms with E-state index in [9.17, 15) is 4.79 Å². The van der Waals surface area contributed by atoms with Gasteiger partial charge in [-0.15, -0.1) is 0 Å².